The van der Waals surface area contributed by atoms with Gasteiger partial charge in [0.25, 0.3) is 0 Å². The van der Waals surface area contributed by atoms with Gasteiger partial charge in [-0.1, -0.05) is 11.6 Å². The highest BCUT2D eigenvalue weighted by molar-refractivity contribution is 7.80. The lowest BCUT2D eigenvalue weighted by Gasteiger charge is -2.17. The Kier molecular flexibility index (Phi) is 7.56. The quantitative estimate of drug-likeness (QED) is 0.332. The first-order valence-corrected chi connectivity index (χ1v) is 7.47. The third kappa shape index (κ3) is 5.91. The molecule has 0 saturated carbocycles. The minimum absolute atomic E-state index is 0.0440. The number of hydrogen-bond donors (Lipinski definition) is 2. The first kappa shape index (κ1) is 19.0. The van der Waals surface area contributed by atoms with E-state index in [0.717, 1.165) is 0 Å². The van der Waals surface area contributed by atoms with Crippen LogP contribution in [0.2, 0.25) is 5.02 Å². The Morgan fingerprint density at radius 1 is 1.57 bits per heavy atom. The molecule has 7 nitrogen and oxygen atoms in total. The second-order valence-electron chi connectivity index (χ2n) is 4.28. The van der Waals surface area contributed by atoms with Crippen LogP contribution >= 0.6 is 23.8 Å². The Balaban J connectivity index is 2.98. The van der Waals surface area contributed by atoms with E-state index in [0.29, 0.717) is 11.3 Å². The first-order chi connectivity index (χ1) is 10.9. The predicted octanol–water partition coefficient (Wildman–Crippen LogP) is 1.85. The summed E-state index contributed by atoms with van der Waals surface area (Å²) in [4.78, 5) is 11.6. The zero-order valence-electron chi connectivity index (χ0n) is 13.0. The lowest BCUT2D eigenvalue weighted by molar-refractivity contribution is -0.150. The molecule has 0 amide bonds. The standard InChI is InChI=1S/C14H18ClN3O4S/c1-4-21-13(19)8(2)22-12-10(15)5-9(6-11(12)20-3)7-17-18-14(16)23/h5-8H,4H2,1-3H3,(H3,16,18,23). The Hall–Kier alpha value is -2.06. The molecule has 0 spiro atoms. The van der Waals surface area contributed by atoms with Crippen molar-refractivity contribution in [3.05, 3.63) is 22.7 Å². The molecule has 0 aliphatic carbocycles. The Labute approximate surface area is 144 Å². The minimum Gasteiger partial charge on any atom is -0.493 e. The van der Waals surface area contributed by atoms with Crippen LogP contribution in [0, 0.1) is 0 Å². The van der Waals surface area contributed by atoms with Crippen molar-refractivity contribution in [1.82, 2.24) is 5.43 Å². The van der Waals surface area contributed by atoms with E-state index < -0.39 is 12.1 Å². The number of ether oxygens (including phenoxy) is 3. The molecule has 0 aliphatic heterocycles. The van der Waals surface area contributed by atoms with E-state index in [4.69, 9.17) is 31.5 Å². The highest BCUT2D eigenvalue weighted by atomic mass is 35.5. The number of esters is 1. The summed E-state index contributed by atoms with van der Waals surface area (Å²) in [6, 6.07) is 3.24. The Bertz CT molecular complexity index is 610. The van der Waals surface area contributed by atoms with Gasteiger partial charge >= 0.3 is 5.97 Å². The lowest BCUT2D eigenvalue weighted by Crippen LogP contribution is -2.26. The molecule has 1 atom stereocenters. The van der Waals surface area contributed by atoms with Crippen LogP contribution in [-0.4, -0.2) is 37.1 Å². The van der Waals surface area contributed by atoms with Gasteiger partial charge in [-0.15, -0.1) is 0 Å². The zero-order chi connectivity index (χ0) is 17.4. The van der Waals surface area contributed by atoms with Gasteiger partial charge in [-0.2, -0.15) is 5.10 Å². The number of rotatable bonds is 7. The maximum Gasteiger partial charge on any atom is 0.347 e. The highest BCUT2D eigenvalue weighted by Gasteiger charge is 2.20. The van der Waals surface area contributed by atoms with E-state index in [9.17, 15) is 4.79 Å². The van der Waals surface area contributed by atoms with Gasteiger partial charge in [-0.3, -0.25) is 5.43 Å². The van der Waals surface area contributed by atoms with Crippen LogP contribution in [0.1, 0.15) is 19.4 Å². The second-order valence-corrected chi connectivity index (χ2v) is 5.13. The predicted molar refractivity (Wildman–Crippen MR) is 92.2 cm³/mol. The third-order valence-electron chi connectivity index (χ3n) is 2.55. The zero-order valence-corrected chi connectivity index (χ0v) is 14.5. The normalized spacial score (nSPS) is 11.8. The minimum atomic E-state index is -0.822. The summed E-state index contributed by atoms with van der Waals surface area (Å²) >= 11 is 10.8. The highest BCUT2D eigenvalue weighted by Crippen LogP contribution is 2.36. The molecule has 23 heavy (non-hydrogen) atoms. The van der Waals surface area contributed by atoms with Crippen molar-refractivity contribution in [3.8, 4) is 11.5 Å². The summed E-state index contributed by atoms with van der Waals surface area (Å²) in [6.45, 7) is 3.55. The van der Waals surface area contributed by atoms with Crippen LogP contribution < -0.4 is 20.6 Å². The van der Waals surface area contributed by atoms with Crippen molar-refractivity contribution in [1.29, 1.82) is 0 Å². The van der Waals surface area contributed by atoms with E-state index >= 15 is 0 Å². The largest absolute Gasteiger partial charge is 0.493 e. The molecular formula is C14H18ClN3O4S. The van der Waals surface area contributed by atoms with Crippen molar-refractivity contribution in [2.75, 3.05) is 13.7 Å². The van der Waals surface area contributed by atoms with Crippen molar-refractivity contribution < 1.29 is 19.0 Å². The molecule has 3 N–H and O–H groups in total. The van der Waals surface area contributed by atoms with Crippen LogP contribution in [0.5, 0.6) is 11.5 Å². The summed E-state index contributed by atoms with van der Waals surface area (Å²) in [5.41, 5.74) is 8.33. The first-order valence-electron chi connectivity index (χ1n) is 6.68. The molecule has 9 heteroatoms. The fourth-order valence-corrected chi connectivity index (χ4v) is 1.90. The molecule has 0 aliphatic rings. The second kappa shape index (κ2) is 9.16. The van der Waals surface area contributed by atoms with Crippen molar-refractivity contribution >= 4 is 41.1 Å². The molecule has 126 valence electrons. The van der Waals surface area contributed by atoms with E-state index in [-0.39, 0.29) is 22.5 Å². The molecule has 1 rings (SSSR count). The SMILES string of the molecule is CCOC(=O)C(C)Oc1c(Cl)cc(C=NNC(N)=S)cc1OC. The topological polar surface area (TPSA) is 95.2 Å². The number of nitrogens with zero attached hydrogens (tertiary/aromatic N) is 1. The van der Waals surface area contributed by atoms with Gasteiger partial charge < -0.3 is 19.9 Å². The van der Waals surface area contributed by atoms with Crippen LogP contribution in [0.15, 0.2) is 17.2 Å². The van der Waals surface area contributed by atoms with Gasteiger partial charge in [0.05, 0.1) is 25.0 Å². The van der Waals surface area contributed by atoms with E-state index in [1.165, 1.54) is 13.3 Å². The fraction of sp³-hybridized carbons (Fsp3) is 0.357. The number of carbonyl (C=O) groups is 1. The molecule has 1 aromatic rings. The monoisotopic (exact) mass is 359 g/mol. The third-order valence-corrected chi connectivity index (χ3v) is 2.93. The van der Waals surface area contributed by atoms with E-state index in [1.807, 2.05) is 0 Å². The number of nitrogens with one attached hydrogen (secondary N) is 1. The van der Waals surface area contributed by atoms with Gasteiger partial charge in [0, 0.05) is 0 Å². The van der Waals surface area contributed by atoms with Crippen LogP contribution in [0.25, 0.3) is 0 Å². The number of hydrogen-bond acceptors (Lipinski definition) is 6. The summed E-state index contributed by atoms with van der Waals surface area (Å²) in [5, 5.41) is 4.14. The molecule has 0 aromatic heterocycles. The van der Waals surface area contributed by atoms with Crippen molar-refractivity contribution in [3.63, 3.8) is 0 Å². The molecule has 0 heterocycles. The number of halogens is 1. The number of benzene rings is 1. The number of carbonyl (C=O) groups excluding carboxylic acids is 1. The van der Waals surface area contributed by atoms with Crippen LogP contribution in [-0.2, 0) is 9.53 Å². The van der Waals surface area contributed by atoms with Gasteiger partial charge in [-0.25, -0.2) is 4.79 Å². The Morgan fingerprint density at radius 2 is 2.26 bits per heavy atom. The molecule has 0 bridgehead atoms. The van der Waals surface area contributed by atoms with Gasteiger partial charge in [0.15, 0.2) is 22.7 Å². The number of nitrogens with two attached hydrogens (primary N) is 1. The molecule has 0 saturated heterocycles. The van der Waals surface area contributed by atoms with Crippen molar-refractivity contribution in [2.45, 2.75) is 20.0 Å². The fourth-order valence-electron chi connectivity index (χ4n) is 1.58. The maximum atomic E-state index is 11.6. The summed E-state index contributed by atoms with van der Waals surface area (Å²) in [5.74, 6) is 0.108. The number of methoxy groups -OCH3 is 1. The molecule has 1 aromatic carbocycles. The average molecular weight is 360 g/mol. The summed E-state index contributed by atoms with van der Waals surface area (Å²) in [7, 11) is 1.46. The van der Waals surface area contributed by atoms with Crippen LogP contribution in [0.4, 0.5) is 0 Å². The summed E-state index contributed by atoms with van der Waals surface area (Å²) in [6.07, 6.45) is 0.642. The molecular weight excluding hydrogens is 342 g/mol. The number of hydrazone groups is 1. The maximum absolute atomic E-state index is 11.6. The average Bonchev–Trinajstić information content (AvgIpc) is 2.49. The summed E-state index contributed by atoms with van der Waals surface area (Å²) < 4.78 is 15.7. The molecule has 1 unspecified atom stereocenters. The smallest absolute Gasteiger partial charge is 0.347 e. The van der Waals surface area contributed by atoms with Crippen molar-refractivity contribution in [2.24, 2.45) is 10.8 Å². The van der Waals surface area contributed by atoms with Gasteiger partial charge in [0.2, 0.25) is 0 Å². The van der Waals surface area contributed by atoms with E-state index in [2.05, 4.69) is 22.7 Å². The van der Waals surface area contributed by atoms with Gasteiger partial charge in [-0.05, 0) is 43.8 Å². The molecule has 0 radical (unpaired) electrons. The van der Waals surface area contributed by atoms with Crippen LogP contribution in [0.3, 0.4) is 0 Å². The molecule has 0 fully saturated rings. The lowest BCUT2D eigenvalue weighted by atomic mass is 10.2. The number of thiocarbonyl (C=S) groups is 1. The van der Waals surface area contributed by atoms with Gasteiger partial charge in [0.1, 0.15) is 0 Å². The van der Waals surface area contributed by atoms with E-state index in [1.54, 1.807) is 26.0 Å². The Morgan fingerprint density at radius 3 is 2.83 bits per heavy atom.